The second-order valence-corrected chi connectivity index (χ2v) is 7.03. The number of nitrogens with one attached hydrogen (secondary N) is 2. The van der Waals surface area contributed by atoms with Crippen LogP contribution in [0.5, 0.6) is 5.75 Å². The molecule has 0 aliphatic carbocycles. The standard InChI is InChI=1S/C20H23N5O3/c1-14-8-9-25(17(11-14)18-3-2-10-27-18)20(26)23-15-4-6-16(7-5-15)28-12-19-21-13-22-24-19/h2-7,10,13-14,17H,8-9,11-12H2,1H3,(H,23,26)(H,21,22,24)/t14-,17-/m1/s1. The Labute approximate surface area is 162 Å². The third-order valence-electron chi connectivity index (χ3n) is 4.94. The minimum atomic E-state index is -0.122. The Balaban J connectivity index is 1.38. The number of ether oxygens (including phenoxy) is 1. The number of carbonyl (C=O) groups is 1. The summed E-state index contributed by atoms with van der Waals surface area (Å²) in [7, 11) is 0. The van der Waals surface area contributed by atoms with Crippen LogP contribution in [0.3, 0.4) is 0 Å². The zero-order valence-corrected chi connectivity index (χ0v) is 15.7. The lowest BCUT2D eigenvalue weighted by atomic mass is 9.91. The Morgan fingerprint density at radius 1 is 1.36 bits per heavy atom. The van der Waals surface area contributed by atoms with Gasteiger partial charge in [-0.15, -0.1) is 0 Å². The van der Waals surface area contributed by atoms with Gasteiger partial charge in [-0.3, -0.25) is 5.10 Å². The van der Waals surface area contributed by atoms with E-state index in [-0.39, 0.29) is 12.1 Å². The van der Waals surface area contributed by atoms with Crippen LogP contribution in [0.1, 0.15) is 37.4 Å². The summed E-state index contributed by atoms with van der Waals surface area (Å²) in [5, 5.41) is 9.50. The zero-order chi connectivity index (χ0) is 19.3. The van der Waals surface area contributed by atoms with Crippen LogP contribution in [0, 0.1) is 5.92 Å². The largest absolute Gasteiger partial charge is 0.486 e. The van der Waals surface area contributed by atoms with Crippen LogP contribution in [0.15, 0.2) is 53.4 Å². The summed E-state index contributed by atoms with van der Waals surface area (Å²) in [6, 6.07) is 10.9. The molecule has 2 aromatic heterocycles. The number of aromatic nitrogens is 3. The molecule has 0 saturated carbocycles. The molecule has 1 aliphatic heterocycles. The summed E-state index contributed by atoms with van der Waals surface area (Å²) >= 11 is 0. The Kier molecular flexibility index (Phi) is 5.27. The highest BCUT2D eigenvalue weighted by Crippen LogP contribution is 2.34. The smallest absolute Gasteiger partial charge is 0.322 e. The van der Waals surface area contributed by atoms with Crippen molar-refractivity contribution in [2.75, 3.05) is 11.9 Å². The molecular formula is C20H23N5O3. The molecule has 1 aliphatic rings. The first-order valence-corrected chi connectivity index (χ1v) is 9.37. The number of carbonyl (C=O) groups excluding carboxylic acids is 1. The number of urea groups is 1. The number of benzene rings is 1. The molecule has 2 atom stereocenters. The van der Waals surface area contributed by atoms with Gasteiger partial charge in [0.15, 0.2) is 5.82 Å². The maximum Gasteiger partial charge on any atom is 0.322 e. The monoisotopic (exact) mass is 381 g/mol. The molecule has 0 bridgehead atoms. The molecule has 0 radical (unpaired) electrons. The number of H-pyrrole nitrogens is 1. The van der Waals surface area contributed by atoms with E-state index in [4.69, 9.17) is 9.15 Å². The second kappa shape index (κ2) is 8.16. The number of hydrogen-bond donors (Lipinski definition) is 2. The number of aromatic amines is 1. The van der Waals surface area contributed by atoms with E-state index in [1.54, 1.807) is 6.26 Å². The number of amides is 2. The molecule has 1 fully saturated rings. The predicted octanol–water partition coefficient (Wildman–Crippen LogP) is 3.98. The van der Waals surface area contributed by atoms with Gasteiger partial charge in [-0.25, -0.2) is 9.78 Å². The molecule has 3 aromatic rings. The normalized spacial score (nSPS) is 19.4. The molecule has 8 nitrogen and oxygen atoms in total. The molecule has 1 aromatic carbocycles. The lowest BCUT2D eigenvalue weighted by Crippen LogP contribution is -2.42. The first-order chi connectivity index (χ1) is 13.7. The van der Waals surface area contributed by atoms with Crippen LogP contribution >= 0.6 is 0 Å². The number of likely N-dealkylation sites (tertiary alicyclic amines) is 1. The summed E-state index contributed by atoms with van der Waals surface area (Å²) in [5.74, 6) is 2.73. The number of rotatable bonds is 5. The molecule has 0 spiro atoms. The summed E-state index contributed by atoms with van der Waals surface area (Å²) in [5.41, 5.74) is 0.717. The fourth-order valence-electron chi connectivity index (χ4n) is 3.42. The van der Waals surface area contributed by atoms with Crippen LogP contribution in [-0.4, -0.2) is 32.7 Å². The van der Waals surface area contributed by atoms with Gasteiger partial charge in [0.05, 0.1) is 12.3 Å². The van der Waals surface area contributed by atoms with Crippen molar-refractivity contribution in [3.8, 4) is 5.75 Å². The van der Waals surface area contributed by atoms with Crippen molar-refractivity contribution >= 4 is 11.7 Å². The Hall–Kier alpha value is -3.29. The second-order valence-electron chi connectivity index (χ2n) is 7.03. The molecule has 2 N–H and O–H groups in total. The maximum atomic E-state index is 12.9. The first-order valence-electron chi connectivity index (χ1n) is 9.37. The van der Waals surface area contributed by atoms with E-state index in [0.29, 0.717) is 36.3 Å². The van der Waals surface area contributed by atoms with Crippen molar-refractivity contribution in [3.05, 3.63) is 60.6 Å². The minimum absolute atomic E-state index is 0.0386. The van der Waals surface area contributed by atoms with Gasteiger partial charge < -0.3 is 19.4 Å². The molecule has 28 heavy (non-hydrogen) atoms. The fraction of sp³-hybridized carbons (Fsp3) is 0.350. The lowest BCUT2D eigenvalue weighted by Gasteiger charge is -2.37. The molecule has 3 heterocycles. The average Bonchev–Trinajstić information content (AvgIpc) is 3.41. The fourth-order valence-corrected chi connectivity index (χ4v) is 3.42. The molecule has 0 unspecified atom stereocenters. The van der Waals surface area contributed by atoms with Gasteiger partial charge in [0.1, 0.15) is 24.4 Å². The number of furan rings is 1. The van der Waals surface area contributed by atoms with E-state index in [2.05, 4.69) is 27.4 Å². The van der Waals surface area contributed by atoms with Gasteiger partial charge in [0.2, 0.25) is 0 Å². The Morgan fingerprint density at radius 2 is 2.21 bits per heavy atom. The quantitative estimate of drug-likeness (QED) is 0.697. The van der Waals surface area contributed by atoms with Crippen LogP contribution in [-0.2, 0) is 6.61 Å². The van der Waals surface area contributed by atoms with Gasteiger partial charge in [-0.1, -0.05) is 6.92 Å². The van der Waals surface area contributed by atoms with E-state index in [9.17, 15) is 4.79 Å². The summed E-state index contributed by atoms with van der Waals surface area (Å²) < 4.78 is 11.2. The van der Waals surface area contributed by atoms with Crippen molar-refractivity contribution in [1.29, 1.82) is 0 Å². The topological polar surface area (TPSA) is 96.3 Å². The van der Waals surface area contributed by atoms with Crippen molar-refractivity contribution in [3.63, 3.8) is 0 Å². The molecular weight excluding hydrogens is 358 g/mol. The van der Waals surface area contributed by atoms with Gasteiger partial charge in [-0.2, -0.15) is 5.10 Å². The van der Waals surface area contributed by atoms with Crippen LogP contribution in [0.2, 0.25) is 0 Å². The van der Waals surface area contributed by atoms with Crippen LogP contribution < -0.4 is 10.1 Å². The molecule has 1 saturated heterocycles. The van der Waals surface area contributed by atoms with Crippen molar-refractivity contribution < 1.29 is 13.9 Å². The Bertz CT molecular complexity index is 877. The average molecular weight is 381 g/mol. The van der Waals surface area contributed by atoms with Gasteiger partial charge in [0, 0.05) is 12.2 Å². The number of piperidine rings is 1. The number of anilines is 1. The van der Waals surface area contributed by atoms with Crippen molar-refractivity contribution in [2.45, 2.75) is 32.4 Å². The van der Waals surface area contributed by atoms with E-state index < -0.39 is 0 Å². The van der Waals surface area contributed by atoms with Crippen LogP contribution in [0.25, 0.3) is 0 Å². The number of hydrogen-bond acceptors (Lipinski definition) is 5. The third kappa shape index (κ3) is 4.16. The van der Waals surface area contributed by atoms with E-state index in [0.717, 1.165) is 18.6 Å². The maximum absolute atomic E-state index is 12.9. The zero-order valence-electron chi connectivity index (χ0n) is 15.7. The highest BCUT2D eigenvalue weighted by molar-refractivity contribution is 5.89. The highest BCUT2D eigenvalue weighted by atomic mass is 16.5. The van der Waals surface area contributed by atoms with E-state index >= 15 is 0 Å². The summed E-state index contributed by atoms with van der Waals surface area (Å²) in [4.78, 5) is 18.7. The minimum Gasteiger partial charge on any atom is -0.486 e. The van der Waals surface area contributed by atoms with E-state index in [1.165, 1.54) is 6.33 Å². The van der Waals surface area contributed by atoms with E-state index in [1.807, 2.05) is 41.3 Å². The number of nitrogens with zero attached hydrogens (tertiary/aromatic N) is 3. The predicted molar refractivity (Wildman–Crippen MR) is 103 cm³/mol. The molecule has 146 valence electrons. The Morgan fingerprint density at radius 3 is 2.93 bits per heavy atom. The highest BCUT2D eigenvalue weighted by Gasteiger charge is 2.32. The van der Waals surface area contributed by atoms with Gasteiger partial charge in [0.25, 0.3) is 0 Å². The third-order valence-corrected chi connectivity index (χ3v) is 4.94. The van der Waals surface area contributed by atoms with Crippen molar-refractivity contribution in [2.24, 2.45) is 5.92 Å². The molecule has 8 heteroatoms. The SMILES string of the molecule is C[C@@H]1CCN(C(=O)Nc2ccc(OCc3ncn[nH]3)cc2)[C@@H](c2ccco2)C1. The summed E-state index contributed by atoms with van der Waals surface area (Å²) in [6.07, 6.45) is 4.98. The molecule has 2 amide bonds. The first kappa shape index (κ1) is 18.1. The van der Waals surface area contributed by atoms with Crippen LogP contribution in [0.4, 0.5) is 10.5 Å². The molecule has 4 rings (SSSR count). The summed E-state index contributed by atoms with van der Waals surface area (Å²) in [6.45, 7) is 3.22. The lowest BCUT2D eigenvalue weighted by molar-refractivity contribution is 0.129. The van der Waals surface area contributed by atoms with Gasteiger partial charge in [-0.05, 0) is 55.2 Å². The van der Waals surface area contributed by atoms with Crippen molar-refractivity contribution in [1.82, 2.24) is 20.1 Å². The van der Waals surface area contributed by atoms with Gasteiger partial charge >= 0.3 is 6.03 Å².